The quantitative estimate of drug-likeness (QED) is 0.201. The Morgan fingerprint density at radius 2 is 1.69 bits per heavy atom. The Morgan fingerprint density at radius 1 is 1.00 bits per heavy atom. The number of fused-ring (bicyclic) bond motifs is 2. The number of likely N-dealkylation sites (N-methyl/N-ethyl adjacent to an activating group) is 2. The fourth-order valence-corrected chi connectivity index (χ4v) is 5.55. The third kappa shape index (κ3) is 4.82. The van der Waals surface area contributed by atoms with Gasteiger partial charge in [0, 0.05) is 13.0 Å². The maximum absolute atomic E-state index is 11.7. The van der Waals surface area contributed by atoms with Crippen molar-refractivity contribution < 1.29 is 39.4 Å². The maximum Gasteiger partial charge on any atom is 0.249 e. The van der Waals surface area contributed by atoms with Gasteiger partial charge in [0.25, 0.3) is 0 Å². The van der Waals surface area contributed by atoms with E-state index in [-0.39, 0.29) is 13.0 Å². The summed E-state index contributed by atoms with van der Waals surface area (Å²) in [6.07, 6.45) is -4.90. The average Bonchev–Trinajstić information content (AvgIpc) is 2.83. The van der Waals surface area contributed by atoms with Gasteiger partial charge >= 0.3 is 0 Å². The normalized spacial score (nSPS) is 43.3. The molecule has 0 spiro atoms. The molecular formula is C24H39N3O8. The molecule has 10 atom stereocenters. The van der Waals surface area contributed by atoms with Gasteiger partial charge < -0.3 is 55.3 Å². The summed E-state index contributed by atoms with van der Waals surface area (Å²) >= 11 is 0. The summed E-state index contributed by atoms with van der Waals surface area (Å²) in [7, 11) is 4.91. The third-order valence-electron chi connectivity index (χ3n) is 7.52. The van der Waals surface area contributed by atoms with Gasteiger partial charge in [-0.05, 0) is 51.7 Å². The largest absolute Gasteiger partial charge is 0.497 e. The van der Waals surface area contributed by atoms with E-state index in [4.69, 9.17) is 18.9 Å². The third-order valence-corrected chi connectivity index (χ3v) is 7.52. The van der Waals surface area contributed by atoms with Crippen molar-refractivity contribution in [2.24, 2.45) is 0 Å². The second-order valence-electron chi connectivity index (χ2n) is 9.78. The number of nitrogens with one attached hydrogen (secondary N) is 3. The van der Waals surface area contributed by atoms with E-state index < -0.39 is 60.3 Å². The molecule has 4 rings (SSSR count). The highest BCUT2D eigenvalue weighted by Crippen LogP contribution is 2.46. The van der Waals surface area contributed by atoms with Crippen LogP contribution in [0.4, 0.5) is 0 Å². The number of aliphatic hydroxyl groups is 4. The Kier molecular flexibility index (Phi) is 8.04. The average molecular weight is 498 g/mol. The molecule has 1 saturated carbocycles. The van der Waals surface area contributed by atoms with Crippen molar-refractivity contribution in [3.63, 3.8) is 0 Å². The monoisotopic (exact) mass is 497 g/mol. The molecule has 11 heteroatoms. The van der Waals surface area contributed by atoms with Crippen molar-refractivity contribution in [1.82, 2.24) is 16.0 Å². The molecule has 3 aliphatic rings. The predicted molar refractivity (Wildman–Crippen MR) is 126 cm³/mol. The van der Waals surface area contributed by atoms with Crippen LogP contribution in [0.1, 0.15) is 18.9 Å². The summed E-state index contributed by atoms with van der Waals surface area (Å²) in [5.41, 5.74) is -0.641. The van der Waals surface area contributed by atoms with Crippen molar-refractivity contribution in [2.75, 3.05) is 34.3 Å². The van der Waals surface area contributed by atoms with Crippen molar-refractivity contribution in [3.05, 3.63) is 29.8 Å². The topological polar surface area (TPSA) is 154 Å². The maximum atomic E-state index is 11.7. The van der Waals surface area contributed by atoms with Crippen LogP contribution in [-0.4, -0.2) is 115 Å². The van der Waals surface area contributed by atoms with Crippen LogP contribution < -0.4 is 20.7 Å². The van der Waals surface area contributed by atoms with E-state index in [2.05, 4.69) is 16.0 Å². The standard InChI is InChI=1S/C24H39N3O8/c1-13-11-23(30,12-27-10-9-14-5-7-15(32-4)8-6-14)24(31)22(33-13)34-21-19(29)16(25-2)18(28)17(26-3)20(21)35-24/h5-8,13,16-22,25-31H,9-12H2,1-4H3. The van der Waals surface area contributed by atoms with Gasteiger partial charge in [-0.25, -0.2) is 0 Å². The van der Waals surface area contributed by atoms with Gasteiger partial charge in [0.15, 0.2) is 0 Å². The Morgan fingerprint density at radius 3 is 2.31 bits per heavy atom. The van der Waals surface area contributed by atoms with Crippen LogP contribution in [0, 0.1) is 0 Å². The molecule has 198 valence electrons. The fourth-order valence-electron chi connectivity index (χ4n) is 5.55. The molecule has 0 amide bonds. The molecule has 2 aliphatic heterocycles. The Bertz CT molecular complexity index is 847. The van der Waals surface area contributed by atoms with E-state index in [0.29, 0.717) is 13.0 Å². The minimum absolute atomic E-state index is 0.0269. The second-order valence-corrected chi connectivity index (χ2v) is 9.78. The summed E-state index contributed by atoms with van der Waals surface area (Å²) in [5.74, 6) is -1.43. The van der Waals surface area contributed by atoms with Crippen LogP contribution >= 0.6 is 0 Å². The van der Waals surface area contributed by atoms with E-state index in [1.807, 2.05) is 24.3 Å². The molecule has 1 aromatic carbocycles. The van der Waals surface area contributed by atoms with E-state index >= 15 is 0 Å². The van der Waals surface area contributed by atoms with Gasteiger partial charge in [0.1, 0.15) is 29.7 Å². The van der Waals surface area contributed by atoms with Crippen molar-refractivity contribution in [2.45, 2.75) is 80.0 Å². The highest BCUT2D eigenvalue weighted by atomic mass is 16.8. The second kappa shape index (κ2) is 10.5. The first-order chi connectivity index (χ1) is 16.7. The SMILES string of the molecule is CNC1C(O)C(NC)C2OC3(O)C(OC(C)CC3(O)CNCCc3ccc(OC)cc3)OC2C1O. The van der Waals surface area contributed by atoms with Crippen molar-refractivity contribution in [1.29, 1.82) is 0 Å². The van der Waals surface area contributed by atoms with Crippen LogP contribution in [0.2, 0.25) is 0 Å². The lowest BCUT2D eigenvalue weighted by molar-refractivity contribution is -0.482. The molecule has 7 N–H and O–H groups in total. The molecule has 0 aromatic heterocycles. The van der Waals surface area contributed by atoms with Crippen LogP contribution in [0.15, 0.2) is 24.3 Å². The van der Waals surface area contributed by atoms with Gasteiger partial charge in [-0.2, -0.15) is 0 Å². The number of hydrogen-bond donors (Lipinski definition) is 7. The minimum atomic E-state index is -2.21. The lowest BCUT2D eigenvalue weighted by atomic mass is 9.77. The Hall–Kier alpha value is -1.38. The number of benzene rings is 1. The van der Waals surface area contributed by atoms with Crippen LogP contribution in [-0.2, 0) is 20.6 Å². The molecule has 1 aliphatic carbocycles. The van der Waals surface area contributed by atoms with Crippen molar-refractivity contribution in [3.8, 4) is 5.75 Å². The predicted octanol–water partition coefficient (Wildman–Crippen LogP) is -1.92. The molecule has 10 unspecified atom stereocenters. The molecule has 11 nitrogen and oxygen atoms in total. The van der Waals surface area contributed by atoms with Gasteiger partial charge in [-0.1, -0.05) is 12.1 Å². The molecule has 2 heterocycles. The summed E-state index contributed by atoms with van der Waals surface area (Å²) in [6, 6.07) is 6.39. The molecule has 0 radical (unpaired) electrons. The van der Waals surface area contributed by atoms with E-state index in [9.17, 15) is 20.4 Å². The van der Waals surface area contributed by atoms with Crippen LogP contribution in [0.3, 0.4) is 0 Å². The molecule has 0 bridgehead atoms. The lowest BCUT2D eigenvalue weighted by Gasteiger charge is -2.60. The first kappa shape index (κ1) is 26.7. The van der Waals surface area contributed by atoms with Crippen LogP contribution in [0.25, 0.3) is 0 Å². The van der Waals surface area contributed by atoms with Gasteiger partial charge in [-0.15, -0.1) is 0 Å². The number of hydrogen-bond acceptors (Lipinski definition) is 11. The summed E-state index contributed by atoms with van der Waals surface area (Å²) in [4.78, 5) is 0. The number of methoxy groups -OCH3 is 1. The summed E-state index contributed by atoms with van der Waals surface area (Å²) < 4.78 is 23.2. The zero-order valence-corrected chi connectivity index (χ0v) is 20.7. The Labute approximate surface area is 205 Å². The van der Waals surface area contributed by atoms with Gasteiger partial charge in [0.2, 0.25) is 12.1 Å². The number of ether oxygens (including phenoxy) is 4. The smallest absolute Gasteiger partial charge is 0.249 e. The lowest BCUT2D eigenvalue weighted by Crippen LogP contribution is -2.81. The highest BCUT2D eigenvalue weighted by Gasteiger charge is 2.68. The van der Waals surface area contributed by atoms with E-state index in [1.165, 1.54) is 0 Å². The first-order valence-electron chi connectivity index (χ1n) is 12.1. The van der Waals surface area contributed by atoms with Crippen molar-refractivity contribution >= 4 is 0 Å². The molecule has 2 saturated heterocycles. The zero-order chi connectivity index (χ0) is 25.4. The first-order valence-corrected chi connectivity index (χ1v) is 12.1. The molecule has 35 heavy (non-hydrogen) atoms. The van der Waals surface area contributed by atoms with Gasteiger partial charge in [-0.3, -0.25) is 0 Å². The van der Waals surface area contributed by atoms with Crippen LogP contribution in [0.5, 0.6) is 5.75 Å². The minimum Gasteiger partial charge on any atom is -0.497 e. The number of rotatable bonds is 8. The molecule has 1 aromatic rings. The summed E-state index contributed by atoms with van der Waals surface area (Å²) in [5, 5.41) is 54.1. The van der Waals surface area contributed by atoms with Gasteiger partial charge in [0.05, 0.1) is 31.4 Å². The molecule has 3 fully saturated rings. The fraction of sp³-hybridized carbons (Fsp3) is 0.750. The van der Waals surface area contributed by atoms with E-state index in [0.717, 1.165) is 11.3 Å². The summed E-state index contributed by atoms with van der Waals surface area (Å²) in [6.45, 7) is 2.36. The highest BCUT2D eigenvalue weighted by molar-refractivity contribution is 5.27. The Balaban J connectivity index is 1.48. The molecular weight excluding hydrogens is 458 g/mol. The van der Waals surface area contributed by atoms with E-state index in [1.54, 1.807) is 28.1 Å². The number of aliphatic hydroxyl groups excluding tert-OH is 2. The zero-order valence-electron chi connectivity index (χ0n) is 20.7.